The molecule has 2 aromatic rings. The van der Waals surface area contributed by atoms with Crippen LogP contribution in [0.15, 0.2) is 30.3 Å². The number of nitrogens with zero attached hydrogens (tertiary/aromatic N) is 3. The highest BCUT2D eigenvalue weighted by molar-refractivity contribution is 5.92. The van der Waals surface area contributed by atoms with Crippen LogP contribution in [0.5, 0.6) is 0 Å². The lowest BCUT2D eigenvalue weighted by atomic mass is 10.2. The number of carbonyl (C=O) groups excluding carboxylic acids is 1. The van der Waals surface area contributed by atoms with Crippen LogP contribution in [0.1, 0.15) is 21.9 Å². The van der Waals surface area contributed by atoms with Crippen LogP contribution in [0.3, 0.4) is 0 Å². The topological polar surface area (TPSA) is 79.4 Å². The van der Waals surface area contributed by atoms with E-state index < -0.39 is 0 Å². The number of morpholine rings is 1. The number of hydrogen-bond donors (Lipinski definition) is 2. The summed E-state index contributed by atoms with van der Waals surface area (Å²) in [6.45, 7) is 6.54. The summed E-state index contributed by atoms with van der Waals surface area (Å²) in [5, 5.41) is 5.94. The first-order valence-electron chi connectivity index (χ1n) is 9.03. The van der Waals surface area contributed by atoms with Crippen LogP contribution in [-0.2, 0) is 11.3 Å². The van der Waals surface area contributed by atoms with Gasteiger partial charge in [-0.25, -0.2) is 14.4 Å². The molecule has 27 heavy (non-hydrogen) atoms. The maximum Gasteiger partial charge on any atom is 0.270 e. The standard InChI is InChI=1S/C19H24FN5O2/c1-14-23-17(19(26)21-6-7-25-8-10-27-11-9-25)12-18(24-14)22-13-15-4-2-3-5-16(15)20/h2-5,12H,6-11,13H2,1H3,(H,21,26)(H,22,23,24). The molecular formula is C19H24FN5O2. The van der Waals surface area contributed by atoms with Gasteiger partial charge in [0.05, 0.1) is 13.2 Å². The van der Waals surface area contributed by atoms with Crippen LogP contribution < -0.4 is 10.6 Å². The summed E-state index contributed by atoms with van der Waals surface area (Å²) in [7, 11) is 0. The summed E-state index contributed by atoms with van der Waals surface area (Å²) in [4.78, 5) is 23.1. The van der Waals surface area contributed by atoms with Crippen molar-refractivity contribution in [2.24, 2.45) is 0 Å². The minimum absolute atomic E-state index is 0.247. The summed E-state index contributed by atoms with van der Waals surface area (Å²) in [6.07, 6.45) is 0. The second-order valence-corrected chi connectivity index (χ2v) is 6.34. The van der Waals surface area contributed by atoms with Crippen molar-refractivity contribution in [1.82, 2.24) is 20.2 Å². The molecule has 1 aliphatic rings. The summed E-state index contributed by atoms with van der Waals surface area (Å²) >= 11 is 0. The lowest BCUT2D eigenvalue weighted by molar-refractivity contribution is 0.0383. The van der Waals surface area contributed by atoms with E-state index in [1.807, 2.05) is 0 Å². The van der Waals surface area contributed by atoms with Gasteiger partial charge >= 0.3 is 0 Å². The Morgan fingerprint density at radius 2 is 2.04 bits per heavy atom. The summed E-state index contributed by atoms with van der Waals surface area (Å²) in [5.41, 5.74) is 0.825. The van der Waals surface area contributed by atoms with Gasteiger partial charge in [-0.1, -0.05) is 18.2 Å². The van der Waals surface area contributed by atoms with E-state index in [1.165, 1.54) is 6.07 Å². The third-order valence-electron chi connectivity index (χ3n) is 4.31. The van der Waals surface area contributed by atoms with Crippen molar-refractivity contribution in [3.63, 3.8) is 0 Å². The molecule has 7 nitrogen and oxygen atoms in total. The van der Waals surface area contributed by atoms with Gasteiger partial charge in [0.2, 0.25) is 0 Å². The third-order valence-corrected chi connectivity index (χ3v) is 4.31. The molecule has 144 valence electrons. The van der Waals surface area contributed by atoms with E-state index in [-0.39, 0.29) is 18.3 Å². The van der Waals surface area contributed by atoms with Crippen molar-refractivity contribution in [3.8, 4) is 0 Å². The molecule has 0 spiro atoms. The van der Waals surface area contributed by atoms with Gasteiger partial charge in [-0.2, -0.15) is 0 Å². The first-order valence-corrected chi connectivity index (χ1v) is 9.03. The van der Waals surface area contributed by atoms with Gasteiger partial charge in [-0.3, -0.25) is 9.69 Å². The van der Waals surface area contributed by atoms with E-state index in [0.29, 0.717) is 29.4 Å². The van der Waals surface area contributed by atoms with E-state index in [0.717, 1.165) is 32.8 Å². The van der Waals surface area contributed by atoms with Crippen molar-refractivity contribution >= 4 is 11.7 Å². The van der Waals surface area contributed by atoms with Crippen LogP contribution >= 0.6 is 0 Å². The lowest BCUT2D eigenvalue weighted by Gasteiger charge is -2.26. The Labute approximate surface area is 158 Å². The fourth-order valence-electron chi connectivity index (χ4n) is 2.84. The predicted octanol–water partition coefficient (Wildman–Crippen LogP) is 1.60. The second-order valence-electron chi connectivity index (χ2n) is 6.34. The summed E-state index contributed by atoms with van der Waals surface area (Å²) in [6, 6.07) is 8.12. The number of halogens is 1. The zero-order valence-corrected chi connectivity index (χ0v) is 15.4. The molecule has 0 bridgehead atoms. The maximum atomic E-state index is 13.7. The van der Waals surface area contributed by atoms with E-state index in [1.54, 1.807) is 31.2 Å². The second kappa shape index (κ2) is 9.38. The van der Waals surface area contributed by atoms with Crippen molar-refractivity contribution in [3.05, 3.63) is 53.2 Å². The van der Waals surface area contributed by atoms with Gasteiger partial charge < -0.3 is 15.4 Å². The molecule has 1 saturated heterocycles. The molecule has 1 aliphatic heterocycles. The van der Waals surface area contributed by atoms with Crippen molar-refractivity contribution in [2.45, 2.75) is 13.5 Å². The number of benzene rings is 1. The molecule has 8 heteroatoms. The molecule has 1 aromatic carbocycles. The maximum absolute atomic E-state index is 13.7. The number of ether oxygens (including phenoxy) is 1. The lowest BCUT2D eigenvalue weighted by Crippen LogP contribution is -2.41. The highest BCUT2D eigenvalue weighted by atomic mass is 19.1. The monoisotopic (exact) mass is 373 g/mol. The largest absolute Gasteiger partial charge is 0.379 e. The van der Waals surface area contributed by atoms with Crippen molar-refractivity contribution in [2.75, 3.05) is 44.7 Å². The van der Waals surface area contributed by atoms with Crippen molar-refractivity contribution < 1.29 is 13.9 Å². The molecular weight excluding hydrogens is 349 g/mol. The molecule has 0 aliphatic carbocycles. The molecule has 0 radical (unpaired) electrons. The van der Waals surface area contributed by atoms with Crippen LogP contribution in [0.2, 0.25) is 0 Å². The fourth-order valence-corrected chi connectivity index (χ4v) is 2.84. The number of aromatic nitrogens is 2. The minimum Gasteiger partial charge on any atom is -0.379 e. The average Bonchev–Trinajstić information content (AvgIpc) is 2.68. The van der Waals surface area contributed by atoms with Gasteiger partial charge in [-0.05, 0) is 13.0 Å². The first-order chi connectivity index (χ1) is 13.1. The molecule has 1 amide bonds. The van der Waals surface area contributed by atoms with Gasteiger partial charge in [-0.15, -0.1) is 0 Å². The molecule has 2 heterocycles. The van der Waals surface area contributed by atoms with E-state index in [2.05, 4.69) is 25.5 Å². The zero-order valence-electron chi connectivity index (χ0n) is 15.4. The van der Waals surface area contributed by atoms with Gasteiger partial charge in [0.25, 0.3) is 5.91 Å². The molecule has 3 rings (SSSR count). The average molecular weight is 373 g/mol. The summed E-state index contributed by atoms with van der Waals surface area (Å²) in [5.74, 6) is 0.440. The normalized spacial score (nSPS) is 14.7. The predicted molar refractivity (Wildman–Crippen MR) is 100 cm³/mol. The Morgan fingerprint density at radius 3 is 2.81 bits per heavy atom. The number of nitrogens with one attached hydrogen (secondary N) is 2. The molecule has 2 N–H and O–H groups in total. The SMILES string of the molecule is Cc1nc(NCc2ccccc2F)cc(C(=O)NCCN2CCOCC2)n1. The number of anilines is 1. The molecule has 0 saturated carbocycles. The third kappa shape index (κ3) is 5.70. The van der Waals surface area contributed by atoms with Crippen LogP contribution in [-0.4, -0.2) is 60.2 Å². The van der Waals surface area contributed by atoms with Gasteiger partial charge in [0.1, 0.15) is 23.2 Å². The smallest absolute Gasteiger partial charge is 0.270 e. The Kier molecular flexibility index (Phi) is 6.67. The Bertz CT molecular complexity index is 780. The Balaban J connectivity index is 1.55. The first kappa shape index (κ1) is 19.2. The molecule has 0 unspecified atom stereocenters. The molecule has 1 aromatic heterocycles. The number of hydrogen-bond acceptors (Lipinski definition) is 6. The highest BCUT2D eigenvalue weighted by Gasteiger charge is 2.13. The molecule has 1 fully saturated rings. The van der Waals surface area contributed by atoms with Crippen LogP contribution in [0.4, 0.5) is 10.2 Å². The van der Waals surface area contributed by atoms with Crippen LogP contribution in [0, 0.1) is 12.7 Å². The van der Waals surface area contributed by atoms with E-state index in [9.17, 15) is 9.18 Å². The summed E-state index contributed by atoms with van der Waals surface area (Å²) < 4.78 is 19.0. The quantitative estimate of drug-likeness (QED) is 0.768. The van der Waals surface area contributed by atoms with E-state index >= 15 is 0 Å². The van der Waals surface area contributed by atoms with Gasteiger partial charge in [0.15, 0.2) is 0 Å². The number of carbonyl (C=O) groups is 1. The Hall–Kier alpha value is -2.58. The fraction of sp³-hybridized carbons (Fsp3) is 0.421. The Morgan fingerprint density at radius 1 is 1.26 bits per heavy atom. The number of amides is 1. The highest BCUT2D eigenvalue weighted by Crippen LogP contribution is 2.11. The van der Waals surface area contributed by atoms with Crippen molar-refractivity contribution in [1.29, 1.82) is 0 Å². The minimum atomic E-state index is -0.281. The number of aryl methyl sites for hydroxylation is 1. The van der Waals surface area contributed by atoms with E-state index in [4.69, 9.17) is 4.74 Å². The zero-order chi connectivity index (χ0) is 19.1. The van der Waals surface area contributed by atoms with Gasteiger partial charge in [0, 0.05) is 44.4 Å². The van der Waals surface area contributed by atoms with Crippen LogP contribution in [0.25, 0.3) is 0 Å². The molecule has 0 atom stereocenters. The number of rotatable bonds is 7.